The van der Waals surface area contributed by atoms with Crippen LogP contribution in [0.4, 0.5) is 0 Å². The Morgan fingerprint density at radius 2 is 1.67 bits per heavy atom. The van der Waals surface area contributed by atoms with E-state index in [-0.39, 0.29) is 5.57 Å². The van der Waals surface area contributed by atoms with Crippen molar-refractivity contribution in [2.24, 2.45) is 0 Å². The fraction of sp³-hybridized carbons (Fsp3) is 0.185. The van der Waals surface area contributed by atoms with Crippen molar-refractivity contribution in [3.63, 3.8) is 0 Å². The molecule has 0 aromatic heterocycles. The van der Waals surface area contributed by atoms with Gasteiger partial charge in [0.25, 0.3) is 5.91 Å². The molecule has 0 saturated carbocycles. The predicted molar refractivity (Wildman–Crippen MR) is 127 cm³/mol. The van der Waals surface area contributed by atoms with Gasteiger partial charge in [-0.15, -0.1) is 0 Å². The van der Waals surface area contributed by atoms with Crippen LogP contribution in [0, 0.1) is 11.3 Å². The molecule has 33 heavy (non-hydrogen) atoms. The summed E-state index contributed by atoms with van der Waals surface area (Å²) in [5.74, 6) is 1.59. The molecule has 3 aromatic rings. The monoisotopic (exact) mass is 442 g/mol. The van der Waals surface area contributed by atoms with Crippen molar-refractivity contribution in [3.8, 4) is 23.3 Å². The van der Waals surface area contributed by atoms with Crippen LogP contribution in [0.15, 0.2) is 78.4 Å². The molecule has 0 aliphatic rings. The number of amides is 1. The summed E-state index contributed by atoms with van der Waals surface area (Å²) in [6, 6.07) is 24.7. The Morgan fingerprint density at radius 3 is 2.33 bits per heavy atom. The number of ether oxygens (including phenoxy) is 3. The van der Waals surface area contributed by atoms with Gasteiger partial charge < -0.3 is 19.5 Å². The molecule has 0 aliphatic carbocycles. The Morgan fingerprint density at radius 1 is 0.939 bits per heavy atom. The lowest BCUT2D eigenvalue weighted by atomic mass is 10.1. The van der Waals surface area contributed by atoms with Crippen LogP contribution in [0.5, 0.6) is 17.2 Å². The van der Waals surface area contributed by atoms with Gasteiger partial charge in [-0.1, -0.05) is 48.5 Å². The molecule has 0 aliphatic heterocycles. The number of methoxy groups -OCH3 is 2. The summed E-state index contributed by atoms with van der Waals surface area (Å²) < 4.78 is 16.3. The zero-order chi connectivity index (χ0) is 23.5. The molecule has 1 N–H and O–H groups in total. The third-order valence-corrected chi connectivity index (χ3v) is 4.95. The topological polar surface area (TPSA) is 80.6 Å². The molecule has 6 heteroatoms. The van der Waals surface area contributed by atoms with E-state index in [1.165, 1.54) is 0 Å². The van der Waals surface area contributed by atoms with Crippen LogP contribution in [-0.2, 0) is 17.8 Å². The highest BCUT2D eigenvalue weighted by atomic mass is 16.5. The smallest absolute Gasteiger partial charge is 0.261 e. The first-order valence-corrected chi connectivity index (χ1v) is 10.5. The molecule has 1 amide bonds. The second-order valence-corrected chi connectivity index (χ2v) is 7.21. The van der Waals surface area contributed by atoms with E-state index < -0.39 is 5.91 Å². The van der Waals surface area contributed by atoms with E-state index in [1.807, 2.05) is 78.9 Å². The van der Waals surface area contributed by atoms with E-state index in [0.717, 1.165) is 16.7 Å². The molecule has 0 saturated heterocycles. The molecule has 0 heterocycles. The van der Waals surface area contributed by atoms with Crippen LogP contribution >= 0.6 is 0 Å². The zero-order valence-corrected chi connectivity index (χ0v) is 18.7. The molecular weight excluding hydrogens is 416 g/mol. The molecule has 0 spiro atoms. The number of benzene rings is 3. The molecular formula is C27H26N2O4. The number of nitriles is 1. The summed E-state index contributed by atoms with van der Waals surface area (Å²) in [5.41, 5.74) is 2.86. The van der Waals surface area contributed by atoms with Crippen LogP contribution in [0.3, 0.4) is 0 Å². The first-order chi connectivity index (χ1) is 16.1. The standard InChI is InChI=1S/C27H26N2O4/c1-31-25-13-10-21(17-26(25)32-2)14-15-29-27(30)23(18-28)16-20-8-11-24(12-9-20)33-19-22-6-4-3-5-7-22/h3-13,16-17H,14-15,19H2,1-2H3,(H,29,30)/b23-16+. The SMILES string of the molecule is COc1ccc(CCNC(=O)/C(C#N)=C/c2ccc(OCc3ccccc3)cc2)cc1OC. The average molecular weight is 443 g/mol. The number of nitrogens with one attached hydrogen (secondary N) is 1. The molecule has 0 radical (unpaired) electrons. The van der Waals surface area contributed by atoms with Crippen molar-refractivity contribution in [2.75, 3.05) is 20.8 Å². The number of hydrogen-bond acceptors (Lipinski definition) is 5. The summed E-state index contributed by atoms with van der Waals surface area (Å²) in [7, 11) is 3.16. The molecule has 3 aromatic carbocycles. The van der Waals surface area contributed by atoms with Gasteiger partial charge in [0.2, 0.25) is 0 Å². The zero-order valence-electron chi connectivity index (χ0n) is 18.7. The number of carbonyl (C=O) groups is 1. The summed E-state index contributed by atoms with van der Waals surface area (Å²) in [5, 5.41) is 12.2. The van der Waals surface area contributed by atoms with Gasteiger partial charge in [-0.25, -0.2) is 0 Å². The fourth-order valence-corrected chi connectivity index (χ4v) is 3.17. The lowest BCUT2D eigenvalue weighted by Gasteiger charge is -2.10. The highest BCUT2D eigenvalue weighted by molar-refractivity contribution is 6.01. The Balaban J connectivity index is 1.54. The van der Waals surface area contributed by atoms with Gasteiger partial charge in [0.05, 0.1) is 14.2 Å². The minimum absolute atomic E-state index is 0.0419. The normalized spacial score (nSPS) is 10.8. The Bertz CT molecular complexity index is 1130. The fourth-order valence-electron chi connectivity index (χ4n) is 3.17. The number of carbonyl (C=O) groups excluding carboxylic acids is 1. The van der Waals surface area contributed by atoms with Gasteiger partial charge >= 0.3 is 0 Å². The van der Waals surface area contributed by atoms with Crippen LogP contribution in [0.1, 0.15) is 16.7 Å². The first kappa shape index (κ1) is 23.4. The molecule has 0 unspecified atom stereocenters. The quantitative estimate of drug-likeness (QED) is 0.368. The lowest BCUT2D eigenvalue weighted by Crippen LogP contribution is -2.26. The third kappa shape index (κ3) is 6.88. The maximum atomic E-state index is 12.4. The number of rotatable bonds is 10. The van der Waals surface area contributed by atoms with Crippen molar-refractivity contribution in [2.45, 2.75) is 13.0 Å². The summed E-state index contributed by atoms with van der Waals surface area (Å²) in [6.45, 7) is 0.863. The van der Waals surface area contributed by atoms with E-state index in [1.54, 1.807) is 20.3 Å². The lowest BCUT2D eigenvalue weighted by molar-refractivity contribution is -0.117. The van der Waals surface area contributed by atoms with Crippen LogP contribution < -0.4 is 19.5 Å². The van der Waals surface area contributed by atoms with Crippen molar-refractivity contribution in [1.29, 1.82) is 5.26 Å². The maximum Gasteiger partial charge on any atom is 0.261 e. The van der Waals surface area contributed by atoms with E-state index in [9.17, 15) is 10.1 Å². The number of nitrogens with zero attached hydrogens (tertiary/aromatic N) is 1. The van der Waals surface area contributed by atoms with E-state index in [4.69, 9.17) is 14.2 Å². The van der Waals surface area contributed by atoms with Crippen molar-refractivity contribution < 1.29 is 19.0 Å². The van der Waals surface area contributed by atoms with Gasteiger partial charge in [0, 0.05) is 6.54 Å². The summed E-state index contributed by atoms with van der Waals surface area (Å²) in [4.78, 5) is 12.4. The number of hydrogen-bond donors (Lipinski definition) is 1. The highest BCUT2D eigenvalue weighted by Gasteiger charge is 2.10. The molecule has 0 bridgehead atoms. The maximum absolute atomic E-state index is 12.4. The molecule has 6 nitrogen and oxygen atoms in total. The predicted octanol–water partition coefficient (Wildman–Crippen LogP) is 4.55. The summed E-state index contributed by atoms with van der Waals surface area (Å²) >= 11 is 0. The first-order valence-electron chi connectivity index (χ1n) is 10.5. The highest BCUT2D eigenvalue weighted by Crippen LogP contribution is 2.27. The van der Waals surface area contributed by atoms with Crippen LogP contribution in [0.25, 0.3) is 6.08 Å². The average Bonchev–Trinajstić information content (AvgIpc) is 2.87. The van der Waals surface area contributed by atoms with Crippen molar-refractivity contribution >= 4 is 12.0 Å². The van der Waals surface area contributed by atoms with Crippen molar-refractivity contribution in [1.82, 2.24) is 5.32 Å². The second kappa shape index (κ2) is 12.0. The van der Waals surface area contributed by atoms with Gasteiger partial charge in [0.1, 0.15) is 24.0 Å². The Kier molecular flexibility index (Phi) is 8.49. The van der Waals surface area contributed by atoms with E-state index in [2.05, 4.69) is 5.32 Å². The molecule has 0 fully saturated rings. The van der Waals surface area contributed by atoms with Gasteiger partial charge in [0.15, 0.2) is 11.5 Å². The van der Waals surface area contributed by atoms with Crippen molar-refractivity contribution in [3.05, 3.63) is 95.1 Å². The van der Waals surface area contributed by atoms with Gasteiger partial charge in [-0.2, -0.15) is 5.26 Å². The van der Waals surface area contributed by atoms with Gasteiger partial charge in [-0.3, -0.25) is 4.79 Å². The van der Waals surface area contributed by atoms with Crippen LogP contribution in [0.2, 0.25) is 0 Å². The molecule has 0 atom stereocenters. The molecule has 168 valence electrons. The van der Waals surface area contributed by atoms with E-state index >= 15 is 0 Å². The Labute approximate surface area is 194 Å². The Hall–Kier alpha value is -4.24. The molecule has 3 rings (SSSR count). The summed E-state index contributed by atoms with van der Waals surface area (Å²) in [6.07, 6.45) is 2.16. The van der Waals surface area contributed by atoms with E-state index in [0.29, 0.717) is 36.8 Å². The minimum Gasteiger partial charge on any atom is -0.493 e. The van der Waals surface area contributed by atoms with Crippen LogP contribution in [-0.4, -0.2) is 26.7 Å². The minimum atomic E-state index is -0.414. The van der Waals surface area contributed by atoms with Gasteiger partial charge in [-0.05, 0) is 53.5 Å². The third-order valence-electron chi connectivity index (χ3n) is 4.95. The second-order valence-electron chi connectivity index (χ2n) is 7.21. The largest absolute Gasteiger partial charge is 0.493 e.